The van der Waals surface area contributed by atoms with Gasteiger partial charge in [0.1, 0.15) is 11.6 Å². The number of ketones is 2. The molecule has 0 unspecified atom stereocenters. The van der Waals surface area contributed by atoms with Crippen molar-refractivity contribution in [3.63, 3.8) is 0 Å². The summed E-state index contributed by atoms with van der Waals surface area (Å²) in [6.07, 6.45) is 5.54. The third kappa shape index (κ3) is 26.9. The summed E-state index contributed by atoms with van der Waals surface area (Å²) in [4.78, 5) is 23.7. The normalized spacial score (nSPS) is 12.1. The minimum absolute atomic E-state index is 0.116. The topological polar surface area (TPSA) is 140 Å². The molecule has 0 aromatic rings. The van der Waals surface area contributed by atoms with E-state index in [2.05, 4.69) is 20.8 Å². The molecule has 0 saturated carbocycles. The second kappa shape index (κ2) is 14.0. The van der Waals surface area contributed by atoms with E-state index in [-0.39, 0.29) is 22.7 Å². The number of carbonyl (C=O) groups is 2. The average Bonchev–Trinajstić information content (AvgIpc) is 2.42. The summed E-state index contributed by atoms with van der Waals surface area (Å²) in [5.74, 6) is 0.0496. The maximum absolute atomic E-state index is 11.9. The Morgan fingerprint density at radius 2 is 1.10 bits per heavy atom. The van der Waals surface area contributed by atoms with Crippen LogP contribution in [0.3, 0.4) is 0 Å². The summed E-state index contributed by atoms with van der Waals surface area (Å²) in [5.41, 5.74) is -0.295. The van der Waals surface area contributed by atoms with Crippen LogP contribution in [0, 0.1) is 10.8 Å². The van der Waals surface area contributed by atoms with E-state index in [1.165, 1.54) is 0 Å². The molecule has 1 N–H and O–H groups in total. The van der Waals surface area contributed by atoms with Crippen molar-refractivity contribution in [2.24, 2.45) is 10.8 Å². The minimum atomic E-state index is -4.00. The molecule has 0 fully saturated rings. The van der Waals surface area contributed by atoms with E-state index in [9.17, 15) is 18.0 Å². The standard InChI is InChI=1S/C19H36O5S.O3S/c1-18(2,3)13-7-11-16(20)9-6-10-17(21)12-8-14-19(4,5)15-25(22,23)24;1-4(2)3/h6-15H2,1-5H3,(H,22,23,24);. The second-order valence-corrected chi connectivity index (χ2v) is 11.2. The molecule has 0 heterocycles. The molecule has 172 valence electrons. The van der Waals surface area contributed by atoms with E-state index < -0.39 is 26.1 Å². The minimum Gasteiger partial charge on any atom is -0.300 e. The molecule has 0 aromatic carbocycles. The third-order valence-corrected chi connectivity index (χ3v) is 5.32. The lowest BCUT2D eigenvalue weighted by atomic mass is 9.88. The summed E-state index contributed by atoms with van der Waals surface area (Å²) in [7, 11) is -7.11. The van der Waals surface area contributed by atoms with Crippen molar-refractivity contribution in [2.75, 3.05) is 5.75 Å². The van der Waals surface area contributed by atoms with Crippen molar-refractivity contribution in [2.45, 2.75) is 92.4 Å². The maximum Gasteiger partial charge on any atom is 0.425 e. The molecular weight excluding hydrogens is 420 g/mol. The van der Waals surface area contributed by atoms with Gasteiger partial charge in [0.15, 0.2) is 0 Å². The van der Waals surface area contributed by atoms with Gasteiger partial charge in [0.2, 0.25) is 0 Å². The van der Waals surface area contributed by atoms with E-state index in [4.69, 9.17) is 17.2 Å². The molecule has 0 rings (SSSR count). The van der Waals surface area contributed by atoms with Gasteiger partial charge in [-0.05, 0) is 42.9 Å². The monoisotopic (exact) mass is 456 g/mol. The number of rotatable bonds is 13. The number of Topliss-reactive ketones (excluding diaryl/α,β-unsaturated/α-hetero) is 2. The van der Waals surface area contributed by atoms with Crippen molar-refractivity contribution >= 4 is 32.3 Å². The van der Waals surface area contributed by atoms with Crippen LogP contribution >= 0.6 is 0 Å². The van der Waals surface area contributed by atoms with Crippen molar-refractivity contribution in [3.8, 4) is 0 Å². The third-order valence-electron chi connectivity index (χ3n) is 4.18. The Morgan fingerprint density at radius 1 is 0.759 bits per heavy atom. The number of hydrogen-bond donors (Lipinski definition) is 1. The van der Waals surface area contributed by atoms with Crippen LogP contribution in [0.25, 0.3) is 0 Å². The highest BCUT2D eigenvalue weighted by molar-refractivity contribution is 7.85. The lowest BCUT2D eigenvalue weighted by Gasteiger charge is -2.22. The van der Waals surface area contributed by atoms with Gasteiger partial charge in [-0.2, -0.15) is 8.42 Å². The Hall–Kier alpha value is -1.13. The van der Waals surface area contributed by atoms with Crippen LogP contribution < -0.4 is 0 Å². The molecule has 0 saturated heterocycles. The number of hydrogen-bond acceptors (Lipinski definition) is 7. The van der Waals surface area contributed by atoms with Crippen LogP contribution in [0.2, 0.25) is 0 Å². The molecule has 0 aliphatic carbocycles. The van der Waals surface area contributed by atoms with Gasteiger partial charge in [-0.3, -0.25) is 14.1 Å². The van der Waals surface area contributed by atoms with Gasteiger partial charge in [-0.1, -0.05) is 34.6 Å². The van der Waals surface area contributed by atoms with Crippen molar-refractivity contribution in [1.82, 2.24) is 0 Å². The largest absolute Gasteiger partial charge is 0.425 e. The highest BCUT2D eigenvalue weighted by Gasteiger charge is 2.24. The molecule has 0 spiro atoms. The zero-order chi connectivity index (χ0) is 23.3. The molecule has 0 amide bonds. The fraction of sp³-hybridized carbons (Fsp3) is 0.895. The fourth-order valence-corrected chi connectivity index (χ4v) is 4.01. The van der Waals surface area contributed by atoms with Crippen molar-refractivity contribution < 1.29 is 35.2 Å². The van der Waals surface area contributed by atoms with Crippen molar-refractivity contribution in [3.05, 3.63) is 0 Å². The van der Waals surface area contributed by atoms with E-state index in [0.717, 1.165) is 12.8 Å². The van der Waals surface area contributed by atoms with Gasteiger partial charge in [0.25, 0.3) is 10.1 Å². The summed E-state index contributed by atoms with van der Waals surface area (Å²) in [6.45, 7) is 10.0. The quantitative estimate of drug-likeness (QED) is 0.415. The second-order valence-electron chi connectivity index (χ2n) is 9.29. The predicted octanol–water partition coefficient (Wildman–Crippen LogP) is 3.59. The highest BCUT2D eigenvalue weighted by atomic mass is 32.2. The molecule has 0 aliphatic rings. The van der Waals surface area contributed by atoms with Gasteiger partial charge in [0, 0.05) is 25.7 Å². The smallest absolute Gasteiger partial charge is 0.300 e. The van der Waals surface area contributed by atoms with Crippen LogP contribution in [-0.4, -0.2) is 42.9 Å². The van der Waals surface area contributed by atoms with E-state index in [1.54, 1.807) is 13.8 Å². The van der Waals surface area contributed by atoms with Crippen LogP contribution in [0.15, 0.2) is 0 Å². The lowest BCUT2D eigenvalue weighted by Crippen LogP contribution is -2.23. The Morgan fingerprint density at radius 3 is 1.45 bits per heavy atom. The van der Waals surface area contributed by atoms with Crippen molar-refractivity contribution in [1.29, 1.82) is 0 Å². The Kier molecular flexibility index (Phi) is 14.5. The lowest BCUT2D eigenvalue weighted by molar-refractivity contribution is -0.120. The zero-order valence-electron chi connectivity index (χ0n) is 18.2. The molecule has 0 atom stereocenters. The maximum atomic E-state index is 11.9. The molecule has 8 nitrogen and oxygen atoms in total. The molecule has 0 aliphatic heterocycles. The molecule has 10 heteroatoms. The predicted molar refractivity (Wildman–Crippen MR) is 111 cm³/mol. The van der Waals surface area contributed by atoms with Gasteiger partial charge in [0.05, 0.1) is 5.75 Å². The van der Waals surface area contributed by atoms with Gasteiger partial charge in [-0.15, -0.1) is 12.6 Å². The average molecular weight is 457 g/mol. The fourth-order valence-electron chi connectivity index (χ4n) is 2.88. The first-order valence-corrected chi connectivity index (χ1v) is 12.3. The first kappa shape index (κ1) is 30.1. The Balaban J connectivity index is 0. The van der Waals surface area contributed by atoms with Crippen LogP contribution in [0.4, 0.5) is 0 Å². The number of carbonyl (C=O) groups excluding carboxylic acids is 2. The molecule has 0 radical (unpaired) electrons. The summed E-state index contributed by atoms with van der Waals surface area (Å²) < 4.78 is 56.1. The molecular formula is C19H36O8S2. The molecule has 29 heavy (non-hydrogen) atoms. The molecule has 0 bridgehead atoms. The summed E-state index contributed by atoms with van der Waals surface area (Å²) in [5, 5.41) is 0. The SMILES string of the molecule is CC(C)(C)CCCC(=O)CCCC(=O)CCCC(C)(C)CS(=O)(=O)O.O=S(=O)=O. The summed E-state index contributed by atoms with van der Waals surface area (Å²) in [6, 6.07) is 0. The highest BCUT2D eigenvalue weighted by Crippen LogP contribution is 2.25. The molecule has 0 aromatic heterocycles. The van der Waals surface area contributed by atoms with Gasteiger partial charge < -0.3 is 0 Å². The van der Waals surface area contributed by atoms with E-state index in [0.29, 0.717) is 44.9 Å². The summed E-state index contributed by atoms with van der Waals surface area (Å²) >= 11 is 0. The Bertz CT molecular complexity index is 707. The van der Waals surface area contributed by atoms with E-state index >= 15 is 0 Å². The van der Waals surface area contributed by atoms with Crippen LogP contribution in [-0.2, 0) is 30.3 Å². The first-order valence-electron chi connectivity index (χ1n) is 9.69. The zero-order valence-corrected chi connectivity index (χ0v) is 19.8. The van der Waals surface area contributed by atoms with E-state index in [1.807, 2.05) is 0 Å². The van der Waals surface area contributed by atoms with Gasteiger partial charge in [-0.25, -0.2) is 0 Å². The van der Waals surface area contributed by atoms with Gasteiger partial charge >= 0.3 is 10.6 Å². The Labute approximate surface area is 176 Å². The van der Waals surface area contributed by atoms with Crippen LogP contribution in [0.5, 0.6) is 0 Å². The first-order chi connectivity index (χ1) is 12.9. The van der Waals surface area contributed by atoms with Crippen LogP contribution in [0.1, 0.15) is 92.4 Å².